The van der Waals surface area contributed by atoms with Crippen molar-refractivity contribution >= 4 is 35.4 Å². The molecular weight excluding hydrogens is 368 g/mol. The van der Waals surface area contributed by atoms with Crippen LogP contribution in [0.25, 0.3) is 11.1 Å². The number of para-hydroxylation sites is 1. The second-order valence-electron chi connectivity index (χ2n) is 7.47. The number of oxazole rings is 1. The fraction of sp³-hybridized carbons (Fsp3) is 0.579. The van der Waals surface area contributed by atoms with E-state index in [-0.39, 0.29) is 24.4 Å². The predicted molar refractivity (Wildman–Crippen MR) is 105 cm³/mol. The van der Waals surface area contributed by atoms with Crippen molar-refractivity contribution < 1.29 is 13.9 Å². The van der Waals surface area contributed by atoms with Gasteiger partial charge in [0.25, 0.3) is 11.9 Å². The number of morpholine rings is 1. The van der Waals surface area contributed by atoms with Crippen LogP contribution < -0.4 is 10.2 Å². The van der Waals surface area contributed by atoms with E-state index >= 15 is 0 Å². The number of anilines is 1. The minimum absolute atomic E-state index is 0. The standard InChI is InChI=1S/C19H24N4O3.ClH/c24-18(20-15-12-22-6-4-13(15)5-7-22)14-2-1-3-16-17(14)21-19(26-16)23-8-10-25-11-9-23;/h1-3,13,15H,4-12H2,(H,20,24);1H/t15-;/m1./s1. The summed E-state index contributed by atoms with van der Waals surface area (Å²) in [6, 6.07) is 6.39. The van der Waals surface area contributed by atoms with Crippen molar-refractivity contribution in [3.8, 4) is 0 Å². The van der Waals surface area contributed by atoms with Gasteiger partial charge in [-0.1, -0.05) is 6.07 Å². The zero-order valence-corrected chi connectivity index (χ0v) is 16.0. The van der Waals surface area contributed by atoms with Crippen LogP contribution >= 0.6 is 12.4 Å². The van der Waals surface area contributed by atoms with E-state index in [0.29, 0.717) is 41.8 Å². The Balaban J connectivity index is 0.00000180. The number of hydrogen-bond acceptors (Lipinski definition) is 6. The second-order valence-corrected chi connectivity index (χ2v) is 7.47. The fourth-order valence-corrected chi connectivity index (χ4v) is 4.38. The molecule has 0 spiro atoms. The first kappa shape index (κ1) is 18.5. The van der Waals surface area contributed by atoms with Crippen molar-refractivity contribution in [2.45, 2.75) is 18.9 Å². The third kappa shape index (κ3) is 3.51. The smallest absolute Gasteiger partial charge is 0.298 e. The fourth-order valence-electron chi connectivity index (χ4n) is 4.38. The van der Waals surface area contributed by atoms with Gasteiger partial charge in [-0.05, 0) is 44.0 Å². The molecule has 1 aromatic heterocycles. The molecular formula is C19H25ClN4O3. The van der Waals surface area contributed by atoms with Gasteiger partial charge in [-0.2, -0.15) is 4.98 Å². The molecule has 4 fully saturated rings. The first-order chi connectivity index (χ1) is 12.8. The number of rotatable bonds is 3. The summed E-state index contributed by atoms with van der Waals surface area (Å²) in [5.74, 6) is 0.556. The number of ether oxygens (including phenoxy) is 1. The van der Waals surface area contributed by atoms with Crippen LogP contribution in [0.4, 0.5) is 6.01 Å². The molecule has 5 heterocycles. The predicted octanol–water partition coefficient (Wildman–Crippen LogP) is 1.91. The topological polar surface area (TPSA) is 70.8 Å². The summed E-state index contributed by atoms with van der Waals surface area (Å²) in [6.45, 7) is 6.15. The van der Waals surface area contributed by atoms with Crippen LogP contribution in [0.5, 0.6) is 0 Å². The summed E-state index contributed by atoms with van der Waals surface area (Å²) in [5.41, 5.74) is 1.91. The van der Waals surface area contributed by atoms with E-state index < -0.39 is 0 Å². The monoisotopic (exact) mass is 392 g/mol. The van der Waals surface area contributed by atoms with Gasteiger partial charge >= 0.3 is 0 Å². The lowest BCUT2D eigenvalue weighted by Gasteiger charge is -2.44. The Hall–Kier alpha value is -1.83. The van der Waals surface area contributed by atoms with Crippen molar-refractivity contribution in [3.05, 3.63) is 23.8 Å². The number of amides is 1. The molecule has 0 saturated carbocycles. The number of hydrogen-bond donors (Lipinski definition) is 1. The Labute approximate surface area is 164 Å². The van der Waals surface area contributed by atoms with Gasteiger partial charge < -0.3 is 24.3 Å². The summed E-state index contributed by atoms with van der Waals surface area (Å²) in [7, 11) is 0. The van der Waals surface area contributed by atoms with Gasteiger partial charge in [0.15, 0.2) is 5.58 Å². The lowest BCUT2D eigenvalue weighted by molar-refractivity contribution is 0.0621. The zero-order valence-electron chi connectivity index (χ0n) is 15.2. The summed E-state index contributed by atoms with van der Waals surface area (Å²) >= 11 is 0. The molecule has 0 unspecified atom stereocenters. The molecule has 0 radical (unpaired) electrons. The van der Waals surface area contributed by atoms with Crippen molar-refractivity contribution in [2.24, 2.45) is 5.92 Å². The summed E-state index contributed by atoms with van der Waals surface area (Å²) in [6.07, 6.45) is 2.36. The van der Waals surface area contributed by atoms with Gasteiger partial charge in [-0.15, -0.1) is 12.4 Å². The lowest BCUT2D eigenvalue weighted by Crippen LogP contribution is -2.57. The SMILES string of the molecule is Cl.O=C(N[C@@H]1CN2CCC1CC2)c1cccc2oc(N3CCOCC3)nc12. The molecule has 8 heteroatoms. The molecule has 1 N–H and O–H groups in total. The van der Waals surface area contributed by atoms with Gasteiger partial charge in [-0.25, -0.2) is 0 Å². The molecule has 4 aliphatic rings. The van der Waals surface area contributed by atoms with Crippen LogP contribution in [0.1, 0.15) is 23.2 Å². The van der Waals surface area contributed by atoms with Crippen molar-refractivity contribution in [2.75, 3.05) is 50.8 Å². The number of nitrogens with one attached hydrogen (secondary N) is 1. The van der Waals surface area contributed by atoms with Gasteiger partial charge in [0, 0.05) is 25.7 Å². The highest BCUT2D eigenvalue weighted by Gasteiger charge is 2.35. The van der Waals surface area contributed by atoms with E-state index in [1.54, 1.807) is 0 Å². The Kier molecular flexibility index (Phi) is 5.25. The minimum atomic E-state index is -0.0452. The van der Waals surface area contributed by atoms with E-state index in [2.05, 4.69) is 20.1 Å². The van der Waals surface area contributed by atoms with E-state index in [4.69, 9.17) is 9.15 Å². The summed E-state index contributed by atoms with van der Waals surface area (Å²) in [5, 5.41) is 3.25. The van der Waals surface area contributed by atoms with E-state index in [1.165, 1.54) is 25.9 Å². The number of fused-ring (bicyclic) bond motifs is 4. The molecule has 1 atom stereocenters. The van der Waals surface area contributed by atoms with E-state index in [0.717, 1.165) is 19.6 Å². The Morgan fingerprint density at radius 2 is 1.93 bits per heavy atom. The van der Waals surface area contributed by atoms with Crippen molar-refractivity contribution in [1.82, 2.24) is 15.2 Å². The summed E-state index contributed by atoms with van der Waals surface area (Å²) in [4.78, 5) is 22.1. The number of aromatic nitrogens is 1. The normalized spacial score (nSPS) is 27.4. The van der Waals surface area contributed by atoms with Crippen LogP contribution in [0, 0.1) is 5.92 Å². The Morgan fingerprint density at radius 1 is 1.15 bits per heavy atom. The minimum Gasteiger partial charge on any atom is -0.423 e. The number of halogens is 1. The Morgan fingerprint density at radius 3 is 2.63 bits per heavy atom. The third-order valence-electron chi connectivity index (χ3n) is 5.91. The largest absolute Gasteiger partial charge is 0.423 e. The van der Waals surface area contributed by atoms with Gasteiger partial charge in [-0.3, -0.25) is 4.79 Å². The second kappa shape index (κ2) is 7.66. The molecule has 4 saturated heterocycles. The van der Waals surface area contributed by atoms with Crippen LogP contribution in [0.15, 0.2) is 22.6 Å². The molecule has 146 valence electrons. The van der Waals surface area contributed by atoms with Gasteiger partial charge in [0.05, 0.1) is 18.8 Å². The third-order valence-corrected chi connectivity index (χ3v) is 5.91. The maximum absolute atomic E-state index is 12.9. The lowest BCUT2D eigenvalue weighted by atomic mass is 9.84. The van der Waals surface area contributed by atoms with E-state index in [9.17, 15) is 4.79 Å². The van der Waals surface area contributed by atoms with E-state index in [1.807, 2.05) is 18.2 Å². The first-order valence-corrected chi connectivity index (χ1v) is 9.53. The number of piperidine rings is 3. The Bertz CT molecular complexity index is 812. The van der Waals surface area contributed by atoms with Crippen molar-refractivity contribution in [3.63, 3.8) is 0 Å². The molecule has 27 heavy (non-hydrogen) atoms. The van der Waals surface area contributed by atoms with Crippen LogP contribution in [-0.2, 0) is 4.74 Å². The average molecular weight is 393 g/mol. The average Bonchev–Trinajstić information content (AvgIpc) is 3.14. The van der Waals surface area contributed by atoms with Crippen molar-refractivity contribution in [1.29, 1.82) is 0 Å². The highest BCUT2D eigenvalue weighted by molar-refractivity contribution is 6.04. The number of carbonyl (C=O) groups excluding carboxylic acids is 1. The highest BCUT2D eigenvalue weighted by Crippen LogP contribution is 2.29. The first-order valence-electron chi connectivity index (χ1n) is 9.53. The molecule has 7 nitrogen and oxygen atoms in total. The molecule has 1 aromatic carbocycles. The number of nitrogens with zero attached hydrogens (tertiary/aromatic N) is 3. The maximum atomic E-state index is 12.9. The van der Waals surface area contributed by atoms with Crippen LogP contribution in [-0.4, -0.2) is 67.8 Å². The number of benzene rings is 1. The van der Waals surface area contributed by atoms with Gasteiger partial charge in [0.2, 0.25) is 0 Å². The summed E-state index contributed by atoms with van der Waals surface area (Å²) < 4.78 is 11.3. The molecule has 6 rings (SSSR count). The van der Waals surface area contributed by atoms with Gasteiger partial charge in [0.1, 0.15) is 5.52 Å². The van der Waals surface area contributed by atoms with Crippen LogP contribution in [0.3, 0.4) is 0 Å². The molecule has 2 aromatic rings. The molecule has 0 aliphatic carbocycles. The molecule has 2 bridgehead atoms. The number of carbonyl (C=O) groups is 1. The zero-order chi connectivity index (χ0) is 17.5. The molecule has 4 aliphatic heterocycles. The quantitative estimate of drug-likeness (QED) is 0.860. The van der Waals surface area contributed by atoms with Crippen LogP contribution in [0.2, 0.25) is 0 Å². The maximum Gasteiger partial charge on any atom is 0.298 e. The molecule has 1 amide bonds. The highest BCUT2D eigenvalue weighted by atomic mass is 35.5.